The average molecular weight is 296 g/mol. The first kappa shape index (κ1) is 14.7. The Bertz CT molecular complexity index is 544. The number of ether oxygens (including phenoxy) is 2. The summed E-state index contributed by atoms with van der Waals surface area (Å²) < 4.78 is 11.1. The molecule has 1 aromatic heterocycles. The van der Waals surface area contributed by atoms with Gasteiger partial charge in [0.05, 0.1) is 25.1 Å². The standard InChI is InChI=1S/C14H18ClN3O2/c1-3-19-13-7-10(5-6-11-9-16-18-17-11)12(15)8-14(13)20-4-2/h7-9H,3-6H2,1-2H3,(H,16,17,18). The second-order valence-electron chi connectivity index (χ2n) is 4.22. The van der Waals surface area contributed by atoms with Crippen LogP contribution in [0, 0.1) is 0 Å². The fourth-order valence-electron chi connectivity index (χ4n) is 1.91. The van der Waals surface area contributed by atoms with Gasteiger partial charge in [-0.05, 0) is 38.3 Å². The summed E-state index contributed by atoms with van der Waals surface area (Å²) >= 11 is 6.30. The highest BCUT2D eigenvalue weighted by Crippen LogP contribution is 2.34. The largest absolute Gasteiger partial charge is 0.490 e. The Morgan fingerprint density at radius 3 is 2.40 bits per heavy atom. The lowest BCUT2D eigenvalue weighted by Crippen LogP contribution is -2.01. The van der Waals surface area contributed by atoms with E-state index >= 15 is 0 Å². The van der Waals surface area contributed by atoms with Crippen molar-refractivity contribution in [3.8, 4) is 11.5 Å². The van der Waals surface area contributed by atoms with Crippen molar-refractivity contribution in [1.29, 1.82) is 0 Å². The Morgan fingerprint density at radius 2 is 1.80 bits per heavy atom. The summed E-state index contributed by atoms with van der Waals surface area (Å²) in [7, 11) is 0. The van der Waals surface area contributed by atoms with Crippen molar-refractivity contribution < 1.29 is 9.47 Å². The minimum absolute atomic E-state index is 0.578. The first-order valence-corrected chi connectivity index (χ1v) is 7.05. The Hall–Kier alpha value is -1.75. The second kappa shape index (κ2) is 7.14. The smallest absolute Gasteiger partial charge is 0.162 e. The lowest BCUT2D eigenvalue weighted by atomic mass is 10.1. The molecule has 0 aliphatic rings. The molecule has 20 heavy (non-hydrogen) atoms. The molecular weight excluding hydrogens is 278 g/mol. The number of aryl methyl sites for hydroxylation is 2. The highest BCUT2D eigenvalue weighted by atomic mass is 35.5. The molecule has 0 unspecified atom stereocenters. The van der Waals surface area contributed by atoms with Crippen LogP contribution in [0.2, 0.25) is 5.02 Å². The third-order valence-corrected chi connectivity index (χ3v) is 3.18. The van der Waals surface area contributed by atoms with E-state index in [4.69, 9.17) is 21.1 Å². The van der Waals surface area contributed by atoms with Crippen LogP contribution in [-0.4, -0.2) is 28.6 Å². The number of nitrogens with one attached hydrogen (secondary N) is 1. The van der Waals surface area contributed by atoms with E-state index in [1.807, 2.05) is 26.0 Å². The number of aromatic nitrogens is 3. The molecule has 6 heteroatoms. The number of hydrogen-bond donors (Lipinski definition) is 1. The van der Waals surface area contributed by atoms with Gasteiger partial charge in [-0.1, -0.05) is 11.6 Å². The normalized spacial score (nSPS) is 10.6. The van der Waals surface area contributed by atoms with Crippen molar-refractivity contribution in [3.05, 3.63) is 34.6 Å². The van der Waals surface area contributed by atoms with Gasteiger partial charge in [0.2, 0.25) is 0 Å². The van der Waals surface area contributed by atoms with Crippen LogP contribution < -0.4 is 9.47 Å². The van der Waals surface area contributed by atoms with E-state index in [1.165, 1.54) is 0 Å². The molecule has 1 N–H and O–H groups in total. The van der Waals surface area contributed by atoms with Crippen LogP contribution in [0.5, 0.6) is 11.5 Å². The molecule has 1 heterocycles. The molecule has 0 aliphatic carbocycles. The predicted molar refractivity (Wildman–Crippen MR) is 77.6 cm³/mol. The van der Waals surface area contributed by atoms with Gasteiger partial charge in [-0.2, -0.15) is 15.4 Å². The lowest BCUT2D eigenvalue weighted by Gasteiger charge is -2.13. The Morgan fingerprint density at radius 1 is 1.10 bits per heavy atom. The number of nitrogens with zero attached hydrogens (tertiary/aromatic N) is 2. The molecule has 0 fully saturated rings. The molecule has 1 aromatic carbocycles. The summed E-state index contributed by atoms with van der Waals surface area (Å²) in [6, 6.07) is 3.76. The quantitative estimate of drug-likeness (QED) is 0.853. The van der Waals surface area contributed by atoms with Crippen molar-refractivity contribution >= 4 is 11.6 Å². The molecule has 0 spiro atoms. The molecule has 0 bridgehead atoms. The molecule has 2 aromatic rings. The first-order valence-electron chi connectivity index (χ1n) is 6.67. The molecule has 0 amide bonds. The van der Waals surface area contributed by atoms with Gasteiger partial charge in [0.15, 0.2) is 11.5 Å². The fraction of sp³-hybridized carbons (Fsp3) is 0.429. The maximum atomic E-state index is 6.30. The Balaban J connectivity index is 2.17. The van der Waals surface area contributed by atoms with Gasteiger partial charge in [0, 0.05) is 11.1 Å². The number of hydrogen-bond acceptors (Lipinski definition) is 4. The number of rotatable bonds is 7. The van der Waals surface area contributed by atoms with Gasteiger partial charge in [-0.15, -0.1) is 0 Å². The van der Waals surface area contributed by atoms with E-state index in [9.17, 15) is 0 Å². The van der Waals surface area contributed by atoms with Gasteiger partial charge in [0.1, 0.15) is 0 Å². The summed E-state index contributed by atoms with van der Waals surface area (Å²) in [6.45, 7) is 5.04. The van der Waals surface area contributed by atoms with Crippen LogP contribution in [0.1, 0.15) is 25.1 Å². The van der Waals surface area contributed by atoms with E-state index in [0.717, 1.165) is 29.8 Å². The fourth-order valence-corrected chi connectivity index (χ4v) is 2.16. The van der Waals surface area contributed by atoms with E-state index < -0.39 is 0 Å². The molecule has 0 saturated carbocycles. The van der Waals surface area contributed by atoms with Crippen LogP contribution in [0.15, 0.2) is 18.3 Å². The van der Waals surface area contributed by atoms with Gasteiger partial charge in [0.25, 0.3) is 0 Å². The Labute approximate surface area is 123 Å². The third-order valence-electron chi connectivity index (χ3n) is 2.83. The van der Waals surface area contributed by atoms with Crippen LogP contribution in [0.4, 0.5) is 0 Å². The Kier molecular flexibility index (Phi) is 5.24. The maximum Gasteiger partial charge on any atom is 0.162 e. The molecule has 2 rings (SSSR count). The van der Waals surface area contributed by atoms with Crippen LogP contribution in [-0.2, 0) is 12.8 Å². The monoisotopic (exact) mass is 295 g/mol. The minimum atomic E-state index is 0.578. The van der Waals surface area contributed by atoms with E-state index in [1.54, 1.807) is 6.20 Å². The maximum absolute atomic E-state index is 6.30. The molecule has 0 saturated heterocycles. The molecular formula is C14H18ClN3O2. The van der Waals surface area contributed by atoms with Crippen molar-refractivity contribution in [2.75, 3.05) is 13.2 Å². The molecule has 0 radical (unpaired) electrons. The first-order chi connectivity index (χ1) is 9.74. The third kappa shape index (κ3) is 3.63. The van der Waals surface area contributed by atoms with Crippen LogP contribution >= 0.6 is 11.6 Å². The average Bonchev–Trinajstić information content (AvgIpc) is 2.94. The zero-order valence-corrected chi connectivity index (χ0v) is 12.4. The highest BCUT2D eigenvalue weighted by molar-refractivity contribution is 6.31. The zero-order valence-electron chi connectivity index (χ0n) is 11.6. The molecule has 0 aliphatic heterocycles. The second-order valence-corrected chi connectivity index (χ2v) is 4.62. The van der Waals surface area contributed by atoms with Gasteiger partial charge in [-0.25, -0.2) is 0 Å². The summed E-state index contributed by atoms with van der Waals surface area (Å²) in [5.41, 5.74) is 1.93. The summed E-state index contributed by atoms with van der Waals surface area (Å²) in [5.74, 6) is 1.42. The van der Waals surface area contributed by atoms with Crippen molar-refractivity contribution in [2.45, 2.75) is 26.7 Å². The zero-order chi connectivity index (χ0) is 14.4. The molecule has 0 atom stereocenters. The van der Waals surface area contributed by atoms with E-state index in [-0.39, 0.29) is 0 Å². The van der Waals surface area contributed by atoms with Gasteiger partial charge in [-0.3, -0.25) is 0 Å². The number of H-pyrrole nitrogens is 1. The molecule has 108 valence electrons. The van der Waals surface area contributed by atoms with E-state index in [0.29, 0.717) is 24.0 Å². The lowest BCUT2D eigenvalue weighted by molar-refractivity contribution is 0.287. The number of aromatic amines is 1. The van der Waals surface area contributed by atoms with Crippen LogP contribution in [0.25, 0.3) is 0 Å². The van der Waals surface area contributed by atoms with Crippen molar-refractivity contribution in [1.82, 2.24) is 15.4 Å². The SMILES string of the molecule is CCOc1cc(Cl)c(CCc2cn[nH]n2)cc1OCC. The van der Waals surface area contributed by atoms with Gasteiger partial charge < -0.3 is 9.47 Å². The topological polar surface area (TPSA) is 60.0 Å². The van der Waals surface area contributed by atoms with Gasteiger partial charge >= 0.3 is 0 Å². The van der Waals surface area contributed by atoms with Crippen molar-refractivity contribution in [3.63, 3.8) is 0 Å². The summed E-state index contributed by atoms with van der Waals surface area (Å²) in [5, 5.41) is 11.1. The summed E-state index contributed by atoms with van der Waals surface area (Å²) in [4.78, 5) is 0. The number of halogens is 1. The summed E-state index contributed by atoms with van der Waals surface area (Å²) in [6.07, 6.45) is 3.26. The van der Waals surface area contributed by atoms with E-state index in [2.05, 4.69) is 15.4 Å². The van der Waals surface area contributed by atoms with Crippen LogP contribution in [0.3, 0.4) is 0 Å². The van der Waals surface area contributed by atoms with Crippen molar-refractivity contribution in [2.24, 2.45) is 0 Å². The highest BCUT2D eigenvalue weighted by Gasteiger charge is 2.11. The minimum Gasteiger partial charge on any atom is -0.490 e. The predicted octanol–water partition coefficient (Wildman–Crippen LogP) is 3.04. The number of benzene rings is 1. The molecule has 5 nitrogen and oxygen atoms in total.